The molecular formula is C14H10BrN3O2. The molecule has 0 spiro atoms. The Morgan fingerprint density at radius 1 is 1.25 bits per heavy atom. The molecule has 20 heavy (non-hydrogen) atoms. The van der Waals surface area contributed by atoms with E-state index in [1.807, 2.05) is 13.0 Å². The summed E-state index contributed by atoms with van der Waals surface area (Å²) in [5, 5.41) is 26.1. The Bertz CT molecular complexity index is 632. The van der Waals surface area contributed by atoms with Gasteiger partial charge >= 0.3 is 0 Å². The minimum atomic E-state index is -0.102. The maximum atomic E-state index is 8.76. The largest absolute Gasteiger partial charge is 0.490 e. The van der Waals surface area contributed by atoms with Crippen molar-refractivity contribution in [1.29, 1.82) is 15.8 Å². The Hall–Kier alpha value is -2.49. The number of ether oxygens (including phenoxy) is 2. The van der Waals surface area contributed by atoms with Crippen LogP contribution in [0.25, 0.3) is 6.08 Å². The summed E-state index contributed by atoms with van der Waals surface area (Å²) < 4.78 is 11.3. The van der Waals surface area contributed by atoms with Gasteiger partial charge in [-0.1, -0.05) is 0 Å². The van der Waals surface area contributed by atoms with E-state index in [0.29, 0.717) is 28.1 Å². The van der Waals surface area contributed by atoms with Crippen LogP contribution in [0, 0.1) is 34.0 Å². The molecule has 1 aromatic rings. The maximum absolute atomic E-state index is 8.76. The summed E-state index contributed by atoms with van der Waals surface area (Å²) in [6, 6.07) is 8.79. The van der Waals surface area contributed by atoms with Crippen molar-refractivity contribution < 1.29 is 9.47 Å². The summed E-state index contributed by atoms with van der Waals surface area (Å²) >= 11 is 3.32. The van der Waals surface area contributed by atoms with Crippen LogP contribution in [-0.4, -0.2) is 13.2 Å². The van der Waals surface area contributed by atoms with Crippen molar-refractivity contribution in [2.45, 2.75) is 6.92 Å². The van der Waals surface area contributed by atoms with Gasteiger partial charge in [-0.15, -0.1) is 0 Å². The second-order valence-electron chi connectivity index (χ2n) is 3.49. The number of allylic oxidation sites excluding steroid dienone is 1. The molecule has 0 fully saturated rings. The third-order valence-corrected chi connectivity index (χ3v) is 2.75. The topological polar surface area (TPSA) is 89.8 Å². The van der Waals surface area contributed by atoms with Crippen molar-refractivity contribution in [2.24, 2.45) is 0 Å². The molecule has 0 bridgehead atoms. The zero-order chi connectivity index (χ0) is 15.0. The lowest BCUT2D eigenvalue weighted by molar-refractivity contribution is 0.297. The van der Waals surface area contributed by atoms with Crippen LogP contribution in [0.1, 0.15) is 12.5 Å². The molecule has 0 aliphatic rings. The zero-order valence-electron chi connectivity index (χ0n) is 10.7. The molecule has 0 heterocycles. The van der Waals surface area contributed by atoms with Crippen molar-refractivity contribution >= 4 is 22.0 Å². The Kier molecular flexibility index (Phi) is 6.10. The van der Waals surface area contributed by atoms with E-state index in [4.69, 9.17) is 25.3 Å². The molecule has 5 nitrogen and oxygen atoms in total. The number of hydrogen-bond donors (Lipinski definition) is 0. The molecule has 0 radical (unpaired) electrons. The lowest BCUT2D eigenvalue weighted by Crippen LogP contribution is -2.00. The number of benzene rings is 1. The van der Waals surface area contributed by atoms with E-state index in [0.717, 1.165) is 0 Å². The SMILES string of the molecule is CCOc1cc(C=C(C#N)C#N)cc(Br)c1OCC#N. The molecule has 0 amide bonds. The molecule has 0 aromatic heterocycles. The van der Waals surface area contributed by atoms with Crippen LogP contribution in [0.2, 0.25) is 0 Å². The minimum absolute atomic E-state index is 0.00922. The van der Waals surface area contributed by atoms with Crippen LogP contribution in [0.15, 0.2) is 22.2 Å². The highest BCUT2D eigenvalue weighted by Gasteiger charge is 2.12. The summed E-state index contributed by atoms with van der Waals surface area (Å²) in [7, 11) is 0. The molecule has 0 aliphatic heterocycles. The summed E-state index contributed by atoms with van der Waals surface area (Å²) in [4.78, 5) is 0. The molecule has 0 saturated heterocycles. The van der Waals surface area contributed by atoms with Crippen LogP contribution >= 0.6 is 15.9 Å². The van der Waals surface area contributed by atoms with Crippen molar-refractivity contribution in [2.75, 3.05) is 13.2 Å². The quantitative estimate of drug-likeness (QED) is 0.773. The highest BCUT2D eigenvalue weighted by Crippen LogP contribution is 2.37. The smallest absolute Gasteiger partial charge is 0.176 e. The molecule has 1 rings (SSSR count). The van der Waals surface area contributed by atoms with Gasteiger partial charge in [0.25, 0.3) is 0 Å². The molecular weight excluding hydrogens is 322 g/mol. The first-order chi connectivity index (χ1) is 9.65. The summed E-state index contributed by atoms with van der Waals surface area (Å²) in [6.07, 6.45) is 1.45. The van der Waals surface area contributed by atoms with Crippen molar-refractivity contribution in [3.8, 4) is 29.7 Å². The highest BCUT2D eigenvalue weighted by molar-refractivity contribution is 9.10. The Morgan fingerprint density at radius 3 is 2.50 bits per heavy atom. The Balaban J connectivity index is 3.27. The first kappa shape index (κ1) is 15.6. The summed E-state index contributed by atoms with van der Waals surface area (Å²) in [6.45, 7) is 2.14. The fourth-order valence-corrected chi connectivity index (χ4v) is 2.01. The monoisotopic (exact) mass is 331 g/mol. The van der Waals surface area contributed by atoms with Crippen molar-refractivity contribution in [3.63, 3.8) is 0 Å². The lowest BCUT2D eigenvalue weighted by atomic mass is 10.1. The average molecular weight is 332 g/mol. The van der Waals surface area contributed by atoms with Gasteiger partial charge in [0.05, 0.1) is 11.1 Å². The highest BCUT2D eigenvalue weighted by atomic mass is 79.9. The third-order valence-electron chi connectivity index (χ3n) is 2.16. The van der Waals surface area contributed by atoms with Gasteiger partial charge < -0.3 is 9.47 Å². The Morgan fingerprint density at radius 2 is 1.95 bits per heavy atom. The van der Waals surface area contributed by atoms with Crippen molar-refractivity contribution in [1.82, 2.24) is 0 Å². The third kappa shape index (κ3) is 4.02. The first-order valence-electron chi connectivity index (χ1n) is 5.64. The van der Waals surface area contributed by atoms with Gasteiger partial charge in [-0.3, -0.25) is 0 Å². The van der Waals surface area contributed by atoms with E-state index in [1.165, 1.54) is 6.08 Å². The van der Waals surface area contributed by atoms with Gasteiger partial charge in [0.1, 0.15) is 23.8 Å². The van der Waals surface area contributed by atoms with E-state index < -0.39 is 0 Å². The number of hydrogen-bond acceptors (Lipinski definition) is 5. The van der Waals surface area contributed by atoms with Crippen LogP contribution in [0.3, 0.4) is 0 Å². The molecule has 0 aliphatic carbocycles. The Labute approximate surface area is 125 Å². The summed E-state index contributed by atoms with van der Waals surface area (Å²) in [5.74, 6) is 0.861. The van der Waals surface area contributed by atoms with E-state index in [2.05, 4.69) is 15.9 Å². The zero-order valence-corrected chi connectivity index (χ0v) is 12.3. The number of halogens is 1. The normalized spacial score (nSPS) is 8.75. The van der Waals surface area contributed by atoms with E-state index in [9.17, 15) is 0 Å². The molecule has 0 N–H and O–H groups in total. The standard InChI is InChI=1S/C14H10BrN3O2/c1-2-19-13-7-10(5-11(8-17)9-18)6-12(15)14(13)20-4-3-16/h5-7H,2,4H2,1H3. The molecule has 0 atom stereocenters. The summed E-state index contributed by atoms with van der Waals surface area (Å²) in [5.41, 5.74) is 0.618. The number of rotatable bonds is 5. The second kappa shape index (κ2) is 7.84. The number of nitriles is 3. The van der Waals surface area contributed by atoms with E-state index in [-0.39, 0.29) is 12.2 Å². The van der Waals surface area contributed by atoms with Gasteiger partial charge in [0.15, 0.2) is 18.1 Å². The molecule has 6 heteroatoms. The van der Waals surface area contributed by atoms with Crippen molar-refractivity contribution in [3.05, 3.63) is 27.7 Å². The fraction of sp³-hybridized carbons (Fsp3) is 0.214. The van der Waals surface area contributed by atoms with Gasteiger partial charge in [-0.2, -0.15) is 15.8 Å². The molecule has 100 valence electrons. The van der Waals surface area contributed by atoms with Gasteiger partial charge in [-0.25, -0.2) is 0 Å². The maximum Gasteiger partial charge on any atom is 0.176 e. The van der Waals surface area contributed by atoms with E-state index in [1.54, 1.807) is 24.3 Å². The lowest BCUT2D eigenvalue weighted by Gasteiger charge is -2.12. The van der Waals surface area contributed by atoms with Crippen LogP contribution in [0.5, 0.6) is 11.5 Å². The van der Waals surface area contributed by atoms with Crippen LogP contribution in [-0.2, 0) is 0 Å². The van der Waals surface area contributed by atoms with Gasteiger partial charge in [-0.05, 0) is 46.6 Å². The van der Waals surface area contributed by atoms with Gasteiger partial charge in [0.2, 0.25) is 0 Å². The van der Waals surface area contributed by atoms with Crippen LogP contribution in [0.4, 0.5) is 0 Å². The second-order valence-corrected chi connectivity index (χ2v) is 4.35. The molecule has 0 saturated carbocycles. The number of nitrogens with zero attached hydrogens (tertiary/aromatic N) is 3. The molecule has 1 aromatic carbocycles. The fourth-order valence-electron chi connectivity index (χ4n) is 1.43. The predicted molar refractivity (Wildman–Crippen MR) is 75.6 cm³/mol. The average Bonchev–Trinajstić information content (AvgIpc) is 2.44. The molecule has 0 unspecified atom stereocenters. The minimum Gasteiger partial charge on any atom is -0.490 e. The van der Waals surface area contributed by atoms with E-state index >= 15 is 0 Å². The van der Waals surface area contributed by atoms with Gasteiger partial charge in [0, 0.05) is 0 Å². The predicted octanol–water partition coefficient (Wildman–Crippen LogP) is 3.18. The van der Waals surface area contributed by atoms with Crippen LogP contribution < -0.4 is 9.47 Å². The first-order valence-corrected chi connectivity index (χ1v) is 6.43.